The van der Waals surface area contributed by atoms with Crippen LogP contribution in [0.4, 0.5) is 0 Å². The second-order valence-electron chi connectivity index (χ2n) is 8.07. The summed E-state index contributed by atoms with van der Waals surface area (Å²) in [4.78, 5) is 29.8. The molecule has 2 atom stereocenters. The highest BCUT2D eigenvalue weighted by Crippen LogP contribution is 2.40. The Labute approximate surface area is 168 Å². The molecule has 3 N–H and O–H groups in total. The molecule has 154 valence electrons. The first-order valence-corrected chi connectivity index (χ1v) is 9.75. The maximum absolute atomic E-state index is 12.6. The number of aliphatic hydroxyl groups is 1. The normalized spacial score (nSPS) is 26.3. The van der Waals surface area contributed by atoms with Crippen molar-refractivity contribution in [2.24, 2.45) is 0 Å². The van der Waals surface area contributed by atoms with Gasteiger partial charge in [-0.3, -0.25) is 9.59 Å². The van der Waals surface area contributed by atoms with Crippen molar-refractivity contribution in [1.82, 2.24) is 25.4 Å². The summed E-state index contributed by atoms with van der Waals surface area (Å²) >= 11 is 0. The van der Waals surface area contributed by atoms with Gasteiger partial charge in [0.1, 0.15) is 11.8 Å². The molecule has 9 nitrogen and oxygen atoms in total. The zero-order chi connectivity index (χ0) is 20.5. The topological polar surface area (TPSA) is 120 Å². The summed E-state index contributed by atoms with van der Waals surface area (Å²) in [7, 11) is 0. The van der Waals surface area contributed by atoms with Crippen LogP contribution < -0.4 is 5.32 Å². The van der Waals surface area contributed by atoms with E-state index in [1.54, 1.807) is 29.3 Å². The number of hydrogen-bond donors (Lipinski definition) is 3. The Morgan fingerprint density at radius 1 is 1.31 bits per heavy atom. The Kier molecular flexibility index (Phi) is 5.10. The van der Waals surface area contributed by atoms with Crippen LogP contribution >= 0.6 is 0 Å². The van der Waals surface area contributed by atoms with Crippen LogP contribution in [0, 0.1) is 0 Å². The number of aromatic amines is 1. The summed E-state index contributed by atoms with van der Waals surface area (Å²) in [6.45, 7) is 3.07. The van der Waals surface area contributed by atoms with E-state index in [-0.39, 0.29) is 18.4 Å². The van der Waals surface area contributed by atoms with Crippen molar-refractivity contribution in [3.05, 3.63) is 48.0 Å². The molecular weight excluding hydrogens is 374 g/mol. The molecule has 2 aliphatic heterocycles. The van der Waals surface area contributed by atoms with Crippen LogP contribution in [0.1, 0.15) is 47.0 Å². The number of ether oxygens (including phenoxy) is 1. The molecule has 0 aromatic carbocycles. The fraction of sp³-hybridized carbons (Fsp3) is 0.500. The van der Waals surface area contributed by atoms with Crippen LogP contribution in [0.2, 0.25) is 0 Å². The molecule has 4 rings (SSSR count). The van der Waals surface area contributed by atoms with Gasteiger partial charge in [-0.25, -0.2) is 0 Å². The van der Waals surface area contributed by atoms with E-state index in [1.807, 2.05) is 6.92 Å². The molecule has 1 spiro atoms. The lowest BCUT2D eigenvalue weighted by Crippen LogP contribution is -2.65. The van der Waals surface area contributed by atoms with Crippen LogP contribution in [0.3, 0.4) is 0 Å². The van der Waals surface area contributed by atoms with Crippen molar-refractivity contribution in [2.45, 2.75) is 43.4 Å². The van der Waals surface area contributed by atoms with Gasteiger partial charge in [0, 0.05) is 25.7 Å². The average molecular weight is 399 g/mol. The molecule has 2 aromatic rings. The fourth-order valence-corrected chi connectivity index (χ4v) is 4.24. The van der Waals surface area contributed by atoms with Gasteiger partial charge in [0.2, 0.25) is 0 Å². The van der Waals surface area contributed by atoms with Crippen molar-refractivity contribution >= 4 is 11.8 Å². The number of aliphatic hydroxyl groups excluding tert-OH is 1. The number of amides is 2. The van der Waals surface area contributed by atoms with Crippen LogP contribution in [0.15, 0.2) is 36.8 Å². The molecule has 0 radical (unpaired) electrons. The Bertz CT molecular complexity index is 864. The molecule has 2 aliphatic rings. The summed E-state index contributed by atoms with van der Waals surface area (Å²) in [6, 6.07) is 5.10. The predicted octanol–water partition coefficient (Wildman–Crippen LogP) is 0.749. The fourth-order valence-electron chi connectivity index (χ4n) is 4.24. The minimum absolute atomic E-state index is 0.0756. The highest BCUT2D eigenvalue weighted by Gasteiger charge is 2.50. The first-order valence-electron chi connectivity index (χ1n) is 9.75. The van der Waals surface area contributed by atoms with E-state index >= 15 is 0 Å². The van der Waals surface area contributed by atoms with Crippen molar-refractivity contribution in [2.75, 3.05) is 19.7 Å². The lowest BCUT2D eigenvalue weighted by Gasteiger charge is -2.51. The Morgan fingerprint density at radius 3 is 2.76 bits per heavy atom. The number of carbonyl (C=O) groups is 2. The number of carbonyl (C=O) groups excluding carboxylic acids is 2. The van der Waals surface area contributed by atoms with Crippen molar-refractivity contribution < 1.29 is 19.4 Å². The summed E-state index contributed by atoms with van der Waals surface area (Å²) in [5.41, 5.74) is -0.337. The van der Waals surface area contributed by atoms with Crippen LogP contribution in [-0.2, 0) is 4.74 Å². The van der Waals surface area contributed by atoms with Gasteiger partial charge in [0.15, 0.2) is 0 Å². The van der Waals surface area contributed by atoms with E-state index in [9.17, 15) is 14.7 Å². The maximum Gasteiger partial charge on any atom is 0.268 e. The van der Waals surface area contributed by atoms with E-state index in [1.165, 1.54) is 12.4 Å². The van der Waals surface area contributed by atoms with Crippen molar-refractivity contribution in [3.8, 4) is 0 Å². The van der Waals surface area contributed by atoms with Crippen LogP contribution in [0.25, 0.3) is 0 Å². The Balaban J connectivity index is 1.43. The van der Waals surface area contributed by atoms with E-state index < -0.39 is 17.2 Å². The number of aromatic nitrogens is 3. The molecule has 0 saturated carbocycles. The molecule has 2 aromatic heterocycles. The molecule has 0 aliphatic carbocycles. The number of H-pyrrole nitrogens is 1. The minimum Gasteiger partial charge on any atom is -0.388 e. The van der Waals surface area contributed by atoms with Gasteiger partial charge in [-0.1, -0.05) is 0 Å². The highest BCUT2D eigenvalue weighted by molar-refractivity contribution is 5.94. The Morgan fingerprint density at radius 2 is 2.10 bits per heavy atom. The molecule has 9 heteroatoms. The zero-order valence-electron chi connectivity index (χ0n) is 16.3. The molecule has 29 heavy (non-hydrogen) atoms. The van der Waals surface area contributed by atoms with Gasteiger partial charge in [0.25, 0.3) is 11.8 Å². The number of nitrogens with zero attached hydrogens (tertiary/aromatic N) is 3. The minimum atomic E-state index is -0.818. The van der Waals surface area contributed by atoms with Crippen molar-refractivity contribution in [3.63, 3.8) is 0 Å². The van der Waals surface area contributed by atoms with Crippen molar-refractivity contribution in [1.29, 1.82) is 0 Å². The van der Waals surface area contributed by atoms with Crippen LogP contribution in [-0.4, -0.2) is 73.9 Å². The van der Waals surface area contributed by atoms with E-state index in [0.29, 0.717) is 43.6 Å². The quantitative estimate of drug-likeness (QED) is 0.700. The summed E-state index contributed by atoms with van der Waals surface area (Å²) in [6.07, 6.45) is 5.59. The first kappa shape index (κ1) is 19.5. The largest absolute Gasteiger partial charge is 0.388 e. The number of rotatable bonds is 3. The maximum atomic E-state index is 12.6. The van der Waals surface area contributed by atoms with E-state index in [0.717, 1.165) is 0 Å². The third kappa shape index (κ3) is 3.88. The molecule has 4 heterocycles. The highest BCUT2D eigenvalue weighted by atomic mass is 16.5. The molecule has 2 saturated heterocycles. The molecule has 2 fully saturated rings. The number of nitrogens with one attached hydrogen (secondary N) is 2. The van der Waals surface area contributed by atoms with E-state index in [4.69, 9.17) is 4.74 Å². The number of piperidine rings is 1. The summed E-state index contributed by atoms with van der Waals surface area (Å²) in [5.74, 6) is -0.334. The molecule has 0 unspecified atom stereocenters. The van der Waals surface area contributed by atoms with Gasteiger partial charge < -0.3 is 25.0 Å². The lowest BCUT2D eigenvalue weighted by atomic mass is 9.74. The second kappa shape index (κ2) is 7.57. The lowest BCUT2D eigenvalue weighted by molar-refractivity contribution is -0.175. The SMILES string of the molecule is C[C@@]1(NC(=O)c2ccc[nH]2)CC2(CCN(C(=O)c3ccnnc3)CC2)OC[C@H]1O. The summed E-state index contributed by atoms with van der Waals surface area (Å²) < 4.78 is 6.05. The second-order valence-corrected chi connectivity index (χ2v) is 8.07. The number of hydrogen-bond acceptors (Lipinski definition) is 6. The van der Waals surface area contributed by atoms with Crippen LogP contribution in [0.5, 0.6) is 0 Å². The molecule has 0 bridgehead atoms. The number of likely N-dealkylation sites (tertiary alicyclic amines) is 1. The van der Waals surface area contributed by atoms with Gasteiger partial charge in [0.05, 0.1) is 35.7 Å². The standard InChI is InChI=1S/C20H25N5O4/c1-19(24-17(27)15-3-2-7-21-15)13-20(29-12-16(19)26)5-9-25(10-6-20)18(28)14-4-8-22-23-11-14/h2-4,7-8,11,16,21,26H,5-6,9-10,12-13H2,1H3,(H,24,27)/t16-,19-/m1/s1. The summed E-state index contributed by atoms with van der Waals surface area (Å²) in [5, 5.41) is 21.0. The first-order chi connectivity index (χ1) is 13.9. The Hall–Kier alpha value is -2.78. The third-order valence-electron chi connectivity index (χ3n) is 6.01. The van der Waals surface area contributed by atoms with Gasteiger partial charge in [-0.05, 0) is 38.0 Å². The van der Waals surface area contributed by atoms with Gasteiger partial charge in [-0.15, -0.1) is 0 Å². The third-order valence-corrected chi connectivity index (χ3v) is 6.01. The van der Waals surface area contributed by atoms with Gasteiger partial charge in [-0.2, -0.15) is 10.2 Å². The molecular formula is C20H25N5O4. The van der Waals surface area contributed by atoms with E-state index in [2.05, 4.69) is 20.5 Å². The smallest absolute Gasteiger partial charge is 0.268 e. The average Bonchev–Trinajstić information content (AvgIpc) is 3.27. The monoisotopic (exact) mass is 399 g/mol. The zero-order valence-corrected chi connectivity index (χ0v) is 16.3. The molecule has 2 amide bonds. The van der Waals surface area contributed by atoms with Gasteiger partial charge >= 0.3 is 0 Å². The predicted molar refractivity (Wildman–Crippen MR) is 103 cm³/mol.